The molecule has 0 saturated carbocycles. The van der Waals surface area contributed by atoms with Crippen LogP contribution in [0.2, 0.25) is 0 Å². The lowest BCUT2D eigenvalue weighted by Crippen LogP contribution is -2.18. The fraction of sp³-hybridized carbons (Fsp3) is 0.188. The first kappa shape index (κ1) is 15.1. The van der Waals surface area contributed by atoms with Gasteiger partial charge in [0, 0.05) is 18.7 Å². The number of nitrogens with zero attached hydrogens (tertiary/aromatic N) is 1. The molecule has 0 saturated heterocycles. The largest absolute Gasteiger partial charge is 0.478 e. The molecule has 1 N–H and O–H groups in total. The molecule has 21 heavy (non-hydrogen) atoms. The Kier molecular flexibility index (Phi) is 4.65. The molecule has 0 aromatic heterocycles. The number of carbonyl (C=O) groups is 1. The number of hydrogen-bond acceptors (Lipinski definition) is 2. The molecule has 0 unspecified atom stereocenters. The van der Waals surface area contributed by atoms with E-state index in [2.05, 4.69) is 0 Å². The lowest BCUT2D eigenvalue weighted by Gasteiger charge is -2.17. The summed E-state index contributed by atoms with van der Waals surface area (Å²) in [5.74, 6) is -2.02. The number of carboxylic acid groups (broad SMARTS) is 1. The van der Waals surface area contributed by atoms with Crippen LogP contribution in [0.25, 0.3) is 0 Å². The quantitative estimate of drug-likeness (QED) is 0.919. The summed E-state index contributed by atoms with van der Waals surface area (Å²) in [4.78, 5) is 12.6. The zero-order chi connectivity index (χ0) is 15.4. The van der Waals surface area contributed by atoms with E-state index in [1.165, 1.54) is 24.3 Å². The summed E-state index contributed by atoms with van der Waals surface area (Å²) < 4.78 is 26.9. The molecule has 3 nitrogen and oxygen atoms in total. The van der Waals surface area contributed by atoms with E-state index in [0.29, 0.717) is 18.7 Å². The van der Waals surface area contributed by atoms with E-state index in [4.69, 9.17) is 5.11 Å². The Labute approximate surface area is 121 Å². The van der Waals surface area contributed by atoms with Gasteiger partial charge in [0.05, 0.1) is 5.56 Å². The Bertz CT molecular complexity index is 658. The Morgan fingerprint density at radius 3 is 2.52 bits per heavy atom. The van der Waals surface area contributed by atoms with Gasteiger partial charge in [-0.1, -0.05) is 18.2 Å². The first-order valence-corrected chi connectivity index (χ1v) is 6.40. The van der Waals surface area contributed by atoms with Crippen LogP contribution in [-0.4, -0.2) is 23.0 Å². The molecule has 2 aromatic rings. The van der Waals surface area contributed by atoms with E-state index in [9.17, 15) is 13.6 Å². The van der Waals surface area contributed by atoms with Crippen molar-refractivity contribution in [2.45, 2.75) is 13.1 Å². The van der Waals surface area contributed by atoms with Crippen molar-refractivity contribution in [2.24, 2.45) is 0 Å². The lowest BCUT2D eigenvalue weighted by molar-refractivity contribution is 0.0696. The van der Waals surface area contributed by atoms with Crippen molar-refractivity contribution in [3.8, 4) is 0 Å². The highest BCUT2D eigenvalue weighted by Gasteiger charge is 2.10. The molecule has 0 spiro atoms. The third-order valence-electron chi connectivity index (χ3n) is 3.08. The predicted molar refractivity (Wildman–Crippen MR) is 74.9 cm³/mol. The maximum Gasteiger partial charge on any atom is 0.335 e. The maximum absolute atomic E-state index is 13.8. The minimum absolute atomic E-state index is 0.0796. The van der Waals surface area contributed by atoms with Crippen LogP contribution < -0.4 is 0 Å². The molecule has 0 aliphatic heterocycles. The fourth-order valence-corrected chi connectivity index (χ4v) is 2.10. The van der Waals surface area contributed by atoms with Crippen molar-refractivity contribution < 1.29 is 18.7 Å². The van der Waals surface area contributed by atoms with Crippen LogP contribution in [0.5, 0.6) is 0 Å². The van der Waals surface area contributed by atoms with E-state index in [1.54, 1.807) is 19.2 Å². The van der Waals surface area contributed by atoms with Crippen molar-refractivity contribution in [1.82, 2.24) is 4.90 Å². The molecular formula is C16H15F2NO2. The van der Waals surface area contributed by atoms with E-state index < -0.39 is 11.8 Å². The molecule has 2 rings (SSSR count). The highest BCUT2D eigenvalue weighted by atomic mass is 19.1. The molecule has 0 bridgehead atoms. The Morgan fingerprint density at radius 1 is 1.14 bits per heavy atom. The standard InChI is InChI=1S/C16H15F2NO2/c1-19(9-11-3-2-4-14(17)7-11)10-13-6-5-12(16(20)21)8-15(13)18/h2-8H,9-10H2,1H3,(H,20,21). The monoisotopic (exact) mass is 291 g/mol. The van der Waals surface area contributed by atoms with E-state index in [0.717, 1.165) is 11.6 Å². The first-order valence-electron chi connectivity index (χ1n) is 6.40. The molecule has 0 aliphatic carbocycles. The average molecular weight is 291 g/mol. The minimum atomic E-state index is -1.16. The van der Waals surface area contributed by atoms with E-state index in [1.807, 2.05) is 4.90 Å². The van der Waals surface area contributed by atoms with E-state index >= 15 is 0 Å². The summed E-state index contributed by atoms with van der Waals surface area (Å²) in [6.45, 7) is 0.778. The molecule has 0 amide bonds. The minimum Gasteiger partial charge on any atom is -0.478 e. The van der Waals surface area contributed by atoms with Crippen molar-refractivity contribution in [3.63, 3.8) is 0 Å². The van der Waals surface area contributed by atoms with Gasteiger partial charge in [0.15, 0.2) is 0 Å². The second-order valence-electron chi connectivity index (χ2n) is 4.91. The molecule has 0 fully saturated rings. The van der Waals surface area contributed by atoms with Gasteiger partial charge in [-0.3, -0.25) is 4.90 Å². The summed E-state index contributed by atoms with van der Waals surface area (Å²) >= 11 is 0. The van der Waals surface area contributed by atoms with Gasteiger partial charge in [0.2, 0.25) is 0 Å². The van der Waals surface area contributed by atoms with Gasteiger partial charge in [-0.25, -0.2) is 13.6 Å². The number of benzene rings is 2. The highest BCUT2D eigenvalue weighted by Crippen LogP contribution is 2.14. The zero-order valence-electron chi connectivity index (χ0n) is 11.5. The third kappa shape index (κ3) is 4.10. The van der Waals surface area contributed by atoms with Gasteiger partial charge < -0.3 is 5.11 Å². The third-order valence-corrected chi connectivity index (χ3v) is 3.08. The van der Waals surface area contributed by atoms with Crippen LogP contribution in [0.15, 0.2) is 42.5 Å². The average Bonchev–Trinajstić information content (AvgIpc) is 2.40. The number of aromatic carboxylic acids is 1. The second-order valence-corrected chi connectivity index (χ2v) is 4.91. The molecular weight excluding hydrogens is 276 g/mol. The number of carboxylic acids is 1. The second kappa shape index (κ2) is 6.45. The molecule has 0 atom stereocenters. The van der Waals surface area contributed by atoms with Gasteiger partial charge in [-0.15, -0.1) is 0 Å². The van der Waals surface area contributed by atoms with Crippen molar-refractivity contribution in [1.29, 1.82) is 0 Å². The van der Waals surface area contributed by atoms with Crippen LogP contribution in [0.1, 0.15) is 21.5 Å². The van der Waals surface area contributed by atoms with Crippen molar-refractivity contribution >= 4 is 5.97 Å². The Balaban J connectivity index is 2.06. The molecule has 0 heterocycles. The van der Waals surface area contributed by atoms with Crippen LogP contribution in [-0.2, 0) is 13.1 Å². The van der Waals surface area contributed by atoms with Crippen LogP contribution in [0.4, 0.5) is 8.78 Å². The number of rotatable bonds is 5. The summed E-state index contributed by atoms with van der Waals surface area (Å²) in [5, 5.41) is 8.79. The molecule has 0 aliphatic rings. The predicted octanol–water partition coefficient (Wildman–Crippen LogP) is 3.30. The summed E-state index contributed by atoms with van der Waals surface area (Å²) in [6, 6.07) is 10.1. The van der Waals surface area contributed by atoms with Crippen molar-refractivity contribution in [3.05, 3.63) is 70.8 Å². The smallest absolute Gasteiger partial charge is 0.335 e. The van der Waals surface area contributed by atoms with Gasteiger partial charge >= 0.3 is 5.97 Å². The topological polar surface area (TPSA) is 40.5 Å². The molecule has 0 radical (unpaired) electrons. The van der Waals surface area contributed by atoms with Crippen LogP contribution in [0, 0.1) is 11.6 Å². The molecule has 110 valence electrons. The normalized spacial score (nSPS) is 10.9. The van der Waals surface area contributed by atoms with E-state index in [-0.39, 0.29) is 11.4 Å². The fourth-order valence-electron chi connectivity index (χ4n) is 2.10. The lowest BCUT2D eigenvalue weighted by atomic mass is 10.1. The first-order chi connectivity index (χ1) is 9.95. The molecule has 5 heteroatoms. The van der Waals surface area contributed by atoms with Crippen molar-refractivity contribution in [2.75, 3.05) is 7.05 Å². The van der Waals surface area contributed by atoms with Gasteiger partial charge in [0.25, 0.3) is 0 Å². The summed E-state index contributed by atoms with van der Waals surface area (Å²) in [5.41, 5.74) is 1.11. The zero-order valence-corrected chi connectivity index (χ0v) is 11.5. The highest BCUT2D eigenvalue weighted by molar-refractivity contribution is 5.87. The van der Waals surface area contributed by atoms with Gasteiger partial charge in [0.1, 0.15) is 11.6 Å². The maximum atomic E-state index is 13.8. The molecule has 2 aromatic carbocycles. The number of halogens is 2. The van der Waals surface area contributed by atoms with Crippen LogP contribution >= 0.6 is 0 Å². The number of hydrogen-bond donors (Lipinski definition) is 1. The van der Waals surface area contributed by atoms with Gasteiger partial charge in [-0.2, -0.15) is 0 Å². The Morgan fingerprint density at radius 2 is 1.90 bits per heavy atom. The summed E-state index contributed by atoms with van der Waals surface area (Å²) in [7, 11) is 1.79. The summed E-state index contributed by atoms with van der Waals surface area (Å²) in [6.07, 6.45) is 0. The van der Waals surface area contributed by atoms with Gasteiger partial charge in [-0.05, 0) is 36.9 Å². The SMILES string of the molecule is CN(Cc1cccc(F)c1)Cc1ccc(C(=O)O)cc1F. The Hall–Kier alpha value is -2.27. The van der Waals surface area contributed by atoms with Crippen LogP contribution in [0.3, 0.4) is 0 Å².